The van der Waals surface area contributed by atoms with E-state index in [-0.39, 0.29) is 6.54 Å². The number of carbonyl (C=O) groups is 1. The van der Waals surface area contributed by atoms with Crippen LogP contribution in [-0.4, -0.2) is 25.3 Å². The zero-order chi connectivity index (χ0) is 9.61. The molecule has 1 radical (unpaired) electrons. The highest BCUT2D eigenvalue weighted by Gasteiger charge is 2.27. The number of hydrogen-bond donors (Lipinski definition) is 2. The van der Waals surface area contributed by atoms with Crippen LogP contribution in [0.1, 0.15) is 6.42 Å². The molecule has 12 heavy (non-hydrogen) atoms. The first-order chi connectivity index (χ1) is 5.45. The smallest absolute Gasteiger partial charge is 0.338 e. The van der Waals surface area contributed by atoms with Gasteiger partial charge in [0.05, 0.1) is 0 Å². The van der Waals surface area contributed by atoms with Gasteiger partial charge in [-0.25, -0.2) is 4.79 Å². The van der Waals surface area contributed by atoms with Gasteiger partial charge in [0.2, 0.25) is 0 Å². The maximum atomic E-state index is 11.5. The molecule has 0 saturated carbocycles. The highest BCUT2D eigenvalue weighted by atomic mass is 19.4. The third-order valence-corrected chi connectivity index (χ3v) is 0.912. The fraction of sp³-hybridized carbons (Fsp3) is 0.667. The maximum Gasteiger partial charge on any atom is 0.405 e. The summed E-state index contributed by atoms with van der Waals surface area (Å²) in [6.45, 7) is 2.36. The van der Waals surface area contributed by atoms with Gasteiger partial charge in [-0.1, -0.05) is 6.92 Å². The second-order valence-electron chi connectivity index (χ2n) is 2.08. The average molecular weight is 183 g/mol. The normalized spacial score (nSPS) is 11.0. The molecular formula is C6H10F3N2O. The molecule has 3 nitrogen and oxygen atoms in total. The van der Waals surface area contributed by atoms with Gasteiger partial charge in [-0.2, -0.15) is 13.2 Å². The predicted molar refractivity (Wildman–Crippen MR) is 37.4 cm³/mol. The van der Waals surface area contributed by atoms with Gasteiger partial charge in [-0.05, 0) is 6.42 Å². The Morgan fingerprint density at radius 2 is 1.92 bits per heavy atom. The van der Waals surface area contributed by atoms with Gasteiger partial charge in [-0.3, -0.25) is 0 Å². The van der Waals surface area contributed by atoms with Crippen LogP contribution >= 0.6 is 0 Å². The van der Waals surface area contributed by atoms with Crippen molar-refractivity contribution >= 4 is 6.03 Å². The molecule has 2 amide bonds. The molecule has 0 spiro atoms. The lowest BCUT2D eigenvalue weighted by molar-refractivity contribution is -0.122. The van der Waals surface area contributed by atoms with E-state index >= 15 is 0 Å². The van der Waals surface area contributed by atoms with Crippen LogP contribution < -0.4 is 10.6 Å². The van der Waals surface area contributed by atoms with E-state index < -0.39 is 18.8 Å². The largest absolute Gasteiger partial charge is 0.405 e. The standard InChI is InChI=1S/C6H10F3N2O/c1-2-3-10-5(12)11-4-6(7,8)9/h1-4H2,(H2,10,11,12). The molecular weight excluding hydrogens is 173 g/mol. The summed E-state index contributed by atoms with van der Waals surface area (Å²) in [4.78, 5) is 10.5. The summed E-state index contributed by atoms with van der Waals surface area (Å²) < 4.78 is 34.4. The van der Waals surface area contributed by atoms with Gasteiger partial charge in [0, 0.05) is 6.54 Å². The summed E-state index contributed by atoms with van der Waals surface area (Å²) in [5.41, 5.74) is 0. The van der Waals surface area contributed by atoms with Gasteiger partial charge in [0.15, 0.2) is 0 Å². The van der Waals surface area contributed by atoms with Crippen LogP contribution in [0.2, 0.25) is 0 Å². The highest BCUT2D eigenvalue weighted by molar-refractivity contribution is 5.73. The van der Waals surface area contributed by atoms with E-state index in [2.05, 4.69) is 12.2 Å². The molecule has 2 N–H and O–H groups in total. The number of nitrogens with one attached hydrogen (secondary N) is 2. The third-order valence-electron chi connectivity index (χ3n) is 0.912. The molecule has 0 aliphatic rings. The molecule has 0 aromatic rings. The van der Waals surface area contributed by atoms with E-state index in [4.69, 9.17) is 0 Å². The fourth-order valence-electron chi connectivity index (χ4n) is 0.445. The predicted octanol–water partition coefficient (Wildman–Crippen LogP) is 1.07. The summed E-state index contributed by atoms with van der Waals surface area (Å²) in [5.74, 6) is 0. The van der Waals surface area contributed by atoms with E-state index in [1.165, 1.54) is 0 Å². The summed E-state index contributed by atoms with van der Waals surface area (Å²) in [6.07, 6.45) is -3.92. The quantitative estimate of drug-likeness (QED) is 0.675. The second kappa shape index (κ2) is 4.84. The fourth-order valence-corrected chi connectivity index (χ4v) is 0.445. The molecule has 0 aliphatic carbocycles. The van der Waals surface area contributed by atoms with Crippen molar-refractivity contribution < 1.29 is 18.0 Å². The first kappa shape index (κ1) is 11.1. The number of carbonyl (C=O) groups excluding carboxylic acids is 1. The minimum absolute atomic E-state index is 0.268. The molecule has 71 valence electrons. The summed E-state index contributed by atoms with van der Waals surface area (Å²) in [6, 6.07) is -0.823. The van der Waals surface area contributed by atoms with Crippen molar-refractivity contribution in [3.05, 3.63) is 6.92 Å². The molecule has 0 aliphatic heterocycles. The van der Waals surface area contributed by atoms with Crippen LogP contribution in [0.4, 0.5) is 18.0 Å². The SMILES string of the molecule is [CH2]CCNC(=O)NCC(F)(F)F. The van der Waals surface area contributed by atoms with Crippen molar-refractivity contribution in [1.82, 2.24) is 10.6 Å². The minimum Gasteiger partial charge on any atom is -0.338 e. The average Bonchev–Trinajstić information content (AvgIpc) is 1.95. The lowest BCUT2D eigenvalue weighted by Crippen LogP contribution is -2.40. The Morgan fingerprint density at radius 3 is 2.33 bits per heavy atom. The summed E-state index contributed by atoms with van der Waals surface area (Å²) >= 11 is 0. The number of alkyl halides is 3. The van der Waals surface area contributed by atoms with Crippen molar-refractivity contribution in [2.45, 2.75) is 12.6 Å². The van der Waals surface area contributed by atoms with Gasteiger partial charge in [-0.15, -0.1) is 0 Å². The van der Waals surface area contributed by atoms with Crippen LogP contribution in [0.15, 0.2) is 0 Å². The zero-order valence-corrected chi connectivity index (χ0v) is 6.37. The van der Waals surface area contributed by atoms with Crippen molar-refractivity contribution in [3.8, 4) is 0 Å². The monoisotopic (exact) mass is 183 g/mol. The van der Waals surface area contributed by atoms with E-state index in [1.54, 1.807) is 5.32 Å². The Labute approximate surface area is 68.3 Å². The first-order valence-electron chi connectivity index (χ1n) is 3.33. The van der Waals surface area contributed by atoms with Gasteiger partial charge >= 0.3 is 12.2 Å². The first-order valence-corrected chi connectivity index (χ1v) is 3.33. The van der Waals surface area contributed by atoms with Crippen molar-refractivity contribution in [3.63, 3.8) is 0 Å². The molecule has 0 atom stereocenters. The lowest BCUT2D eigenvalue weighted by atomic mass is 10.5. The molecule has 6 heteroatoms. The Hall–Kier alpha value is -0.940. The van der Waals surface area contributed by atoms with E-state index in [1.807, 2.05) is 0 Å². The van der Waals surface area contributed by atoms with Crippen LogP contribution in [0.3, 0.4) is 0 Å². The van der Waals surface area contributed by atoms with E-state index in [9.17, 15) is 18.0 Å². The molecule has 0 rings (SSSR count). The van der Waals surface area contributed by atoms with Gasteiger partial charge in [0.1, 0.15) is 6.54 Å². The number of amides is 2. The minimum atomic E-state index is -4.36. The van der Waals surface area contributed by atoms with Gasteiger partial charge < -0.3 is 10.6 Å². The number of rotatable bonds is 3. The van der Waals surface area contributed by atoms with E-state index in [0.29, 0.717) is 6.42 Å². The summed E-state index contributed by atoms with van der Waals surface area (Å²) in [7, 11) is 0. The molecule has 0 saturated heterocycles. The van der Waals surface area contributed by atoms with Crippen molar-refractivity contribution in [2.24, 2.45) is 0 Å². The Balaban J connectivity index is 3.44. The molecule has 0 bridgehead atoms. The Bertz CT molecular complexity index is 146. The molecule has 0 aromatic carbocycles. The molecule has 0 fully saturated rings. The van der Waals surface area contributed by atoms with Crippen molar-refractivity contribution in [2.75, 3.05) is 13.1 Å². The Kier molecular flexibility index (Phi) is 4.46. The third kappa shape index (κ3) is 7.17. The number of urea groups is 1. The van der Waals surface area contributed by atoms with Crippen molar-refractivity contribution in [1.29, 1.82) is 0 Å². The van der Waals surface area contributed by atoms with Gasteiger partial charge in [0.25, 0.3) is 0 Å². The zero-order valence-electron chi connectivity index (χ0n) is 6.37. The van der Waals surface area contributed by atoms with Crippen LogP contribution in [0, 0.1) is 6.92 Å². The highest BCUT2D eigenvalue weighted by Crippen LogP contribution is 2.11. The molecule has 0 aromatic heterocycles. The molecule has 0 unspecified atom stereocenters. The topological polar surface area (TPSA) is 41.1 Å². The Morgan fingerprint density at radius 1 is 1.33 bits per heavy atom. The second-order valence-corrected chi connectivity index (χ2v) is 2.08. The van der Waals surface area contributed by atoms with Crippen LogP contribution in [0.5, 0.6) is 0 Å². The van der Waals surface area contributed by atoms with Crippen LogP contribution in [-0.2, 0) is 0 Å². The lowest BCUT2D eigenvalue weighted by Gasteiger charge is -2.08. The number of halogens is 3. The van der Waals surface area contributed by atoms with Crippen LogP contribution in [0.25, 0.3) is 0 Å². The molecule has 0 heterocycles. The van der Waals surface area contributed by atoms with E-state index in [0.717, 1.165) is 0 Å². The summed E-state index contributed by atoms with van der Waals surface area (Å²) in [5, 5.41) is 3.85. The maximum absolute atomic E-state index is 11.5. The number of hydrogen-bond acceptors (Lipinski definition) is 1.